The van der Waals surface area contributed by atoms with Crippen molar-refractivity contribution in [2.75, 3.05) is 33.8 Å². The summed E-state index contributed by atoms with van der Waals surface area (Å²) in [6.07, 6.45) is 5.28. The van der Waals surface area contributed by atoms with Crippen LogP contribution in [0.25, 0.3) is 0 Å². The van der Waals surface area contributed by atoms with Crippen molar-refractivity contribution >= 4 is 0 Å². The van der Waals surface area contributed by atoms with Gasteiger partial charge in [-0.2, -0.15) is 0 Å². The van der Waals surface area contributed by atoms with Crippen LogP contribution < -0.4 is 10.1 Å². The van der Waals surface area contributed by atoms with Crippen LogP contribution in [0.3, 0.4) is 0 Å². The molecule has 0 aliphatic carbocycles. The van der Waals surface area contributed by atoms with E-state index in [1.54, 1.807) is 7.11 Å². The summed E-state index contributed by atoms with van der Waals surface area (Å²) in [4.78, 5) is 2.48. The normalized spacial score (nSPS) is 22.5. The zero-order valence-corrected chi connectivity index (χ0v) is 13.8. The first-order valence-corrected chi connectivity index (χ1v) is 8.20. The Kier molecular flexibility index (Phi) is 6.07. The summed E-state index contributed by atoms with van der Waals surface area (Å²) in [6, 6.07) is 8.43. The fourth-order valence-electron chi connectivity index (χ4n) is 3.66. The molecule has 0 amide bonds. The van der Waals surface area contributed by atoms with Gasteiger partial charge in [-0.25, -0.2) is 0 Å². The summed E-state index contributed by atoms with van der Waals surface area (Å²) in [6.45, 7) is 6.86. The van der Waals surface area contributed by atoms with Gasteiger partial charge in [0.05, 0.1) is 7.11 Å². The van der Waals surface area contributed by atoms with Crippen LogP contribution in [0, 0.1) is 5.41 Å². The Bertz CT molecular complexity index is 404. The number of ether oxygens (including phenoxy) is 1. The minimum atomic E-state index is 0.466. The summed E-state index contributed by atoms with van der Waals surface area (Å²) in [5.41, 5.74) is 1.82. The Balaban J connectivity index is 1.93. The molecular weight excluding hydrogens is 260 g/mol. The van der Waals surface area contributed by atoms with Crippen LogP contribution in [-0.2, 0) is 6.54 Å². The number of nitrogens with zero attached hydrogens (tertiary/aromatic N) is 1. The van der Waals surface area contributed by atoms with Gasteiger partial charge in [-0.15, -0.1) is 0 Å². The maximum atomic E-state index is 5.22. The highest BCUT2D eigenvalue weighted by molar-refractivity contribution is 5.27. The number of hydrogen-bond acceptors (Lipinski definition) is 3. The summed E-state index contributed by atoms with van der Waals surface area (Å²) < 4.78 is 5.22. The molecule has 1 aromatic rings. The van der Waals surface area contributed by atoms with Crippen LogP contribution in [0.5, 0.6) is 5.75 Å². The molecule has 1 saturated heterocycles. The fourth-order valence-corrected chi connectivity index (χ4v) is 3.66. The molecule has 0 bridgehead atoms. The van der Waals surface area contributed by atoms with Crippen molar-refractivity contribution in [1.82, 2.24) is 10.2 Å². The molecule has 2 rings (SSSR count). The van der Waals surface area contributed by atoms with Crippen molar-refractivity contribution in [3.8, 4) is 5.75 Å². The maximum Gasteiger partial charge on any atom is 0.118 e. The van der Waals surface area contributed by atoms with E-state index in [4.69, 9.17) is 4.74 Å². The molecule has 0 saturated carbocycles. The molecule has 118 valence electrons. The molecule has 3 heteroatoms. The van der Waals surface area contributed by atoms with Crippen LogP contribution in [-0.4, -0.2) is 38.7 Å². The third-order valence-corrected chi connectivity index (χ3v) is 4.56. The number of methoxy groups -OCH3 is 1. The lowest BCUT2D eigenvalue weighted by molar-refractivity contribution is 0.118. The average Bonchev–Trinajstić information content (AvgIpc) is 2.49. The van der Waals surface area contributed by atoms with Gasteiger partial charge in [-0.3, -0.25) is 0 Å². The molecule has 1 aromatic carbocycles. The van der Waals surface area contributed by atoms with Crippen molar-refractivity contribution < 1.29 is 4.74 Å². The lowest BCUT2D eigenvalue weighted by Crippen LogP contribution is -2.46. The highest BCUT2D eigenvalue weighted by Gasteiger charge is 2.32. The van der Waals surface area contributed by atoms with Gasteiger partial charge in [-0.1, -0.05) is 25.5 Å². The van der Waals surface area contributed by atoms with Gasteiger partial charge in [0.15, 0.2) is 0 Å². The number of hydrogen-bond donors (Lipinski definition) is 1. The van der Waals surface area contributed by atoms with Crippen LogP contribution >= 0.6 is 0 Å². The molecule has 1 heterocycles. The van der Waals surface area contributed by atoms with Gasteiger partial charge in [0, 0.05) is 19.6 Å². The predicted octanol–water partition coefficient (Wildman–Crippen LogP) is 3.30. The summed E-state index contributed by atoms with van der Waals surface area (Å²) in [5, 5.41) is 3.60. The molecule has 0 aromatic heterocycles. The van der Waals surface area contributed by atoms with E-state index >= 15 is 0 Å². The van der Waals surface area contributed by atoms with Gasteiger partial charge < -0.3 is 15.0 Å². The van der Waals surface area contributed by atoms with Gasteiger partial charge in [0.2, 0.25) is 0 Å². The molecule has 1 fully saturated rings. The predicted molar refractivity (Wildman–Crippen MR) is 88.8 cm³/mol. The van der Waals surface area contributed by atoms with Crippen molar-refractivity contribution in [2.45, 2.75) is 39.2 Å². The molecule has 1 unspecified atom stereocenters. The molecule has 1 N–H and O–H groups in total. The lowest BCUT2D eigenvalue weighted by atomic mass is 9.76. The van der Waals surface area contributed by atoms with Crippen molar-refractivity contribution in [2.24, 2.45) is 5.41 Å². The van der Waals surface area contributed by atoms with E-state index in [0.717, 1.165) is 12.3 Å². The lowest BCUT2D eigenvalue weighted by Gasteiger charge is -2.40. The Labute approximate surface area is 129 Å². The molecule has 0 spiro atoms. The van der Waals surface area contributed by atoms with Crippen LogP contribution in [0.4, 0.5) is 0 Å². The smallest absolute Gasteiger partial charge is 0.118 e. The number of rotatable bonds is 7. The average molecular weight is 290 g/mol. The number of piperidine rings is 1. The molecule has 1 aliphatic rings. The monoisotopic (exact) mass is 290 g/mol. The number of benzene rings is 1. The van der Waals surface area contributed by atoms with Crippen LogP contribution in [0.15, 0.2) is 24.3 Å². The van der Waals surface area contributed by atoms with Gasteiger partial charge in [-0.05, 0) is 56.0 Å². The topological polar surface area (TPSA) is 24.5 Å². The minimum absolute atomic E-state index is 0.466. The van der Waals surface area contributed by atoms with Crippen LogP contribution in [0.2, 0.25) is 0 Å². The molecule has 3 nitrogen and oxygen atoms in total. The van der Waals surface area contributed by atoms with Crippen molar-refractivity contribution in [3.05, 3.63) is 29.8 Å². The second-order valence-corrected chi connectivity index (χ2v) is 6.55. The second kappa shape index (κ2) is 7.81. The molecular formula is C18H30N2O. The SMILES string of the molecule is CCCC1(CN(C)Cc2ccc(OC)cc2)CCCNC1. The minimum Gasteiger partial charge on any atom is -0.497 e. The first-order valence-electron chi connectivity index (χ1n) is 8.20. The third kappa shape index (κ3) is 4.72. The largest absolute Gasteiger partial charge is 0.497 e. The van der Waals surface area contributed by atoms with Gasteiger partial charge in [0.1, 0.15) is 5.75 Å². The summed E-state index contributed by atoms with van der Waals surface area (Å²) in [7, 11) is 3.96. The second-order valence-electron chi connectivity index (χ2n) is 6.55. The van der Waals surface area contributed by atoms with Gasteiger partial charge >= 0.3 is 0 Å². The zero-order valence-electron chi connectivity index (χ0n) is 13.8. The fraction of sp³-hybridized carbons (Fsp3) is 0.667. The highest BCUT2D eigenvalue weighted by atomic mass is 16.5. The Morgan fingerprint density at radius 1 is 1.29 bits per heavy atom. The highest BCUT2D eigenvalue weighted by Crippen LogP contribution is 2.32. The first-order chi connectivity index (χ1) is 10.2. The molecule has 1 aliphatic heterocycles. The zero-order chi connectivity index (χ0) is 15.1. The number of nitrogens with one attached hydrogen (secondary N) is 1. The van der Waals surface area contributed by atoms with Crippen LogP contribution in [0.1, 0.15) is 38.2 Å². The summed E-state index contributed by atoms with van der Waals surface area (Å²) >= 11 is 0. The standard InChI is InChI=1S/C18H30N2O/c1-4-10-18(11-5-12-19-14-18)15-20(2)13-16-6-8-17(21-3)9-7-16/h6-9,19H,4-5,10-15H2,1-3H3. The maximum absolute atomic E-state index is 5.22. The summed E-state index contributed by atoms with van der Waals surface area (Å²) in [5.74, 6) is 0.931. The van der Waals surface area contributed by atoms with Crippen molar-refractivity contribution in [1.29, 1.82) is 0 Å². The molecule has 1 atom stereocenters. The first kappa shape index (κ1) is 16.3. The third-order valence-electron chi connectivity index (χ3n) is 4.56. The van der Waals surface area contributed by atoms with E-state index in [2.05, 4.69) is 36.3 Å². The Hall–Kier alpha value is -1.06. The van der Waals surface area contributed by atoms with Gasteiger partial charge in [0.25, 0.3) is 0 Å². The molecule has 0 radical (unpaired) electrons. The van der Waals surface area contributed by atoms with Crippen molar-refractivity contribution in [3.63, 3.8) is 0 Å². The molecule has 21 heavy (non-hydrogen) atoms. The van der Waals surface area contributed by atoms with E-state index in [1.807, 2.05) is 12.1 Å². The van der Waals surface area contributed by atoms with E-state index in [9.17, 15) is 0 Å². The van der Waals surface area contributed by atoms with E-state index in [-0.39, 0.29) is 0 Å². The Morgan fingerprint density at radius 3 is 2.62 bits per heavy atom. The Morgan fingerprint density at radius 2 is 2.05 bits per heavy atom. The quantitative estimate of drug-likeness (QED) is 0.834. The van der Waals surface area contributed by atoms with E-state index < -0.39 is 0 Å². The van der Waals surface area contributed by atoms with E-state index in [1.165, 1.54) is 50.9 Å². The van der Waals surface area contributed by atoms with E-state index in [0.29, 0.717) is 5.41 Å².